The molecule has 0 unspecified atom stereocenters. The van der Waals surface area contributed by atoms with Crippen LogP contribution in [0.15, 0.2) is 29.2 Å². The molecule has 0 saturated carbocycles. The summed E-state index contributed by atoms with van der Waals surface area (Å²) in [6.45, 7) is 0.333. The fraction of sp³-hybridized carbons (Fsp3) is 0.500. The number of carbonyl (C=O) groups excluding carboxylic acids is 3. The predicted octanol–water partition coefficient (Wildman–Crippen LogP) is -0.295. The van der Waals surface area contributed by atoms with E-state index in [9.17, 15) is 22.8 Å². The molecule has 0 radical (unpaired) electrons. The van der Waals surface area contributed by atoms with E-state index in [1.54, 1.807) is 0 Å². The predicted molar refractivity (Wildman–Crippen MR) is 105 cm³/mol. The Kier molecular flexibility index (Phi) is 9.72. The number of esters is 1. The van der Waals surface area contributed by atoms with Crippen LogP contribution >= 0.6 is 0 Å². The van der Waals surface area contributed by atoms with Crippen molar-refractivity contribution in [1.82, 2.24) is 14.5 Å². The molecule has 0 aliphatic rings. The number of hydrogen-bond donors (Lipinski definition) is 1. The van der Waals surface area contributed by atoms with Gasteiger partial charge in [0, 0.05) is 39.9 Å². The van der Waals surface area contributed by atoms with Crippen LogP contribution in [0, 0.1) is 0 Å². The normalized spacial score (nSPS) is 11.2. The number of ether oxygens (including phenoxy) is 2. The van der Waals surface area contributed by atoms with Crippen molar-refractivity contribution in [3.8, 4) is 0 Å². The molecule has 1 aromatic rings. The van der Waals surface area contributed by atoms with Crippen molar-refractivity contribution in [2.75, 3.05) is 54.6 Å². The topological polar surface area (TPSA) is 122 Å². The Labute approximate surface area is 170 Å². The standard InChI is InChI=1S/C18H27N3O7S/c1-20(2)29(25,26)15-7-5-6-14(12-15)18(24)19-13-16(22)21(10-11-27-3)9-8-17(23)28-4/h5-7,12H,8-11,13H2,1-4H3,(H,19,24). The quantitative estimate of drug-likeness (QED) is 0.479. The Morgan fingerprint density at radius 2 is 1.79 bits per heavy atom. The summed E-state index contributed by atoms with van der Waals surface area (Å²) >= 11 is 0. The van der Waals surface area contributed by atoms with Crippen LogP contribution in [0.1, 0.15) is 16.8 Å². The first-order valence-corrected chi connectivity index (χ1v) is 10.2. The van der Waals surface area contributed by atoms with Gasteiger partial charge in [-0.1, -0.05) is 6.07 Å². The van der Waals surface area contributed by atoms with Gasteiger partial charge < -0.3 is 19.7 Å². The third-order valence-corrected chi connectivity index (χ3v) is 5.82. The molecule has 1 N–H and O–H groups in total. The third kappa shape index (κ3) is 7.44. The number of amides is 2. The van der Waals surface area contributed by atoms with E-state index in [-0.39, 0.29) is 43.1 Å². The highest BCUT2D eigenvalue weighted by Crippen LogP contribution is 2.14. The van der Waals surface area contributed by atoms with Crippen LogP contribution in [-0.4, -0.2) is 90.0 Å². The molecule has 1 aromatic carbocycles. The van der Waals surface area contributed by atoms with E-state index >= 15 is 0 Å². The number of hydrogen-bond acceptors (Lipinski definition) is 7. The van der Waals surface area contributed by atoms with Gasteiger partial charge in [-0.05, 0) is 18.2 Å². The number of rotatable bonds is 11. The number of sulfonamides is 1. The Balaban J connectivity index is 2.78. The van der Waals surface area contributed by atoms with Crippen LogP contribution in [0.4, 0.5) is 0 Å². The molecule has 162 valence electrons. The maximum atomic E-state index is 12.4. The summed E-state index contributed by atoms with van der Waals surface area (Å²) < 4.78 is 35.0. The van der Waals surface area contributed by atoms with Gasteiger partial charge in [-0.2, -0.15) is 0 Å². The highest BCUT2D eigenvalue weighted by Gasteiger charge is 2.20. The Morgan fingerprint density at radius 1 is 1.10 bits per heavy atom. The lowest BCUT2D eigenvalue weighted by Gasteiger charge is -2.22. The zero-order valence-corrected chi connectivity index (χ0v) is 17.8. The van der Waals surface area contributed by atoms with Gasteiger partial charge in [-0.3, -0.25) is 14.4 Å². The van der Waals surface area contributed by atoms with E-state index in [4.69, 9.17) is 4.74 Å². The second kappa shape index (κ2) is 11.5. The highest BCUT2D eigenvalue weighted by molar-refractivity contribution is 7.89. The van der Waals surface area contributed by atoms with Crippen LogP contribution in [0.3, 0.4) is 0 Å². The molecule has 0 spiro atoms. The lowest BCUT2D eigenvalue weighted by Crippen LogP contribution is -2.42. The van der Waals surface area contributed by atoms with Crippen molar-refractivity contribution in [3.63, 3.8) is 0 Å². The summed E-state index contributed by atoms with van der Waals surface area (Å²) in [6, 6.07) is 5.54. The SMILES string of the molecule is COCCN(CCC(=O)OC)C(=O)CNC(=O)c1cccc(S(=O)(=O)N(C)C)c1. The molecule has 0 saturated heterocycles. The summed E-state index contributed by atoms with van der Waals surface area (Å²) in [6.07, 6.45) is 0.0182. The monoisotopic (exact) mass is 429 g/mol. The van der Waals surface area contributed by atoms with E-state index < -0.39 is 27.8 Å². The first-order valence-electron chi connectivity index (χ1n) is 8.77. The smallest absolute Gasteiger partial charge is 0.307 e. The minimum atomic E-state index is -3.69. The maximum Gasteiger partial charge on any atom is 0.307 e. The van der Waals surface area contributed by atoms with Crippen LogP contribution < -0.4 is 5.32 Å². The van der Waals surface area contributed by atoms with Crippen molar-refractivity contribution >= 4 is 27.8 Å². The minimum absolute atomic E-state index is 0.0182. The van der Waals surface area contributed by atoms with E-state index in [1.807, 2.05) is 0 Å². The summed E-state index contributed by atoms with van der Waals surface area (Å²) in [7, 11) is 1.84. The Bertz CT molecular complexity index is 824. The average Bonchev–Trinajstić information content (AvgIpc) is 2.71. The first kappa shape index (κ1) is 24.5. The molecule has 0 aliphatic heterocycles. The van der Waals surface area contributed by atoms with Crippen molar-refractivity contribution in [2.45, 2.75) is 11.3 Å². The van der Waals surface area contributed by atoms with Crippen LogP contribution in [-0.2, 0) is 29.1 Å². The van der Waals surface area contributed by atoms with E-state index in [2.05, 4.69) is 10.1 Å². The van der Waals surface area contributed by atoms with Gasteiger partial charge in [0.05, 0.1) is 31.6 Å². The van der Waals surface area contributed by atoms with Crippen LogP contribution in [0.2, 0.25) is 0 Å². The molecule has 0 aromatic heterocycles. The molecule has 2 amide bonds. The van der Waals surface area contributed by atoms with Gasteiger partial charge >= 0.3 is 5.97 Å². The van der Waals surface area contributed by atoms with E-state index in [0.717, 1.165) is 4.31 Å². The second-order valence-corrected chi connectivity index (χ2v) is 8.35. The average molecular weight is 429 g/mol. The largest absolute Gasteiger partial charge is 0.469 e. The molecule has 11 heteroatoms. The number of nitrogens with one attached hydrogen (secondary N) is 1. The van der Waals surface area contributed by atoms with Crippen LogP contribution in [0.5, 0.6) is 0 Å². The Hall–Kier alpha value is -2.50. The molecule has 0 fully saturated rings. The fourth-order valence-corrected chi connectivity index (χ4v) is 3.22. The second-order valence-electron chi connectivity index (χ2n) is 6.20. The van der Waals surface area contributed by atoms with Crippen molar-refractivity contribution in [3.05, 3.63) is 29.8 Å². The number of carbonyl (C=O) groups is 3. The molecule has 29 heavy (non-hydrogen) atoms. The summed E-state index contributed by atoms with van der Waals surface area (Å²) in [5, 5.41) is 2.47. The molecule has 0 atom stereocenters. The van der Waals surface area contributed by atoms with Gasteiger partial charge in [0.2, 0.25) is 15.9 Å². The number of methoxy groups -OCH3 is 2. The molecule has 0 heterocycles. The molecule has 10 nitrogen and oxygen atoms in total. The summed E-state index contributed by atoms with van der Waals surface area (Å²) in [5.41, 5.74) is 0.110. The minimum Gasteiger partial charge on any atom is -0.469 e. The van der Waals surface area contributed by atoms with Gasteiger partial charge in [-0.15, -0.1) is 0 Å². The molecule has 1 rings (SSSR count). The lowest BCUT2D eigenvalue weighted by atomic mass is 10.2. The van der Waals surface area contributed by atoms with Gasteiger partial charge in [0.1, 0.15) is 0 Å². The van der Waals surface area contributed by atoms with Crippen LogP contribution in [0.25, 0.3) is 0 Å². The lowest BCUT2D eigenvalue weighted by molar-refractivity contribution is -0.141. The van der Waals surface area contributed by atoms with Gasteiger partial charge in [-0.25, -0.2) is 12.7 Å². The highest BCUT2D eigenvalue weighted by atomic mass is 32.2. The zero-order valence-electron chi connectivity index (χ0n) is 17.0. The van der Waals surface area contributed by atoms with Gasteiger partial charge in [0.25, 0.3) is 5.91 Å². The number of benzene rings is 1. The van der Waals surface area contributed by atoms with E-state index in [0.29, 0.717) is 0 Å². The summed E-state index contributed by atoms with van der Waals surface area (Å²) in [5.74, 6) is -1.45. The summed E-state index contributed by atoms with van der Waals surface area (Å²) in [4.78, 5) is 37.4. The third-order valence-electron chi connectivity index (χ3n) is 4.01. The molecule has 0 aliphatic carbocycles. The fourth-order valence-electron chi connectivity index (χ4n) is 2.27. The molecular weight excluding hydrogens is 402 g/mol. The first-order chi connectivity index (χ1) is 13.6. The Morgan fingerprint density at radius 3 is 2.38 bits per heavy atom. The number of nitrogens with zero attached hydrogens (tertiary/aromatic N) is 2. The van der Waals surface area contributed by atoms with Crippen molar-refractivity contribution < 1.29 is 32.3 Å². The van der Waals surface area contributed by atoms with Crippen molar-refractivity contribution in [2.24, 2.45) is 0 Å². The maximum absolute atomic E-state index is 12.4. The van der Waals surface area contributed by atoms with Gasteiger partial charge in [0.15, 0.2) is 0 Å². The van der Waals surface area contributed by atoms with E-state index in [1.165, 1.54) is 57.5 Å². The molecule has 0 bridgehead atoms. The molecular formula is C18H27N3O7S. The van der Waals surface area contributed by atoms with Crippen molar-refractivity contribution in [1.29, 1.82) is 0 Å². The zero-order chi connectivity index (χ0) is 22.0.